The van der Waals surface area contributed by atoms with E-state index in [0.717, 1.165) is 38.8 Å². The Morgan fingerprint density at radius 1 is 1.33 bits per heavy atom. The highest BCUT2D eigenvalue weighted by molar-refractivity contribution is 8.00. The van der Waals surface area contributed by atoms with E-state index in [1.807, 2.05) is 13.8 Å². The van der Waals surface area contributed by atoms with E-state index in [1.165, 1.54) is 0 Å². The Bertz CT molecular complexity index is 394. The fraction of sp³-hybridized carbons (Fsp3) is 0.867. The maximum absolute atomic E-state index is 12.5. The second-order valence-electron chi connectivity index (χ2n) is 6.68. The standard InChI is InChI=1S/C15H26N2O3S/c1-15(2)6-3-9-17(13(15)14(19)20)12(18)10-21-11-4-7-16-8-5-11/h11,13,16H,3-10H2,1-2H3,(H,19,20). The zero-order valence-electron chi connectivity index (χ0n) is 12.9. The van der Waals surface area contributed by atoms with Crippen molar-refractivity contribution in [3.8, 4) is 0 Å². The van der Waals surface area contributed by atoms with Gasteiger partial charge in [-0.05, 0) is 44.2 Å². The largest absolute Gasteiger partial charge is 0.480 e. The lowest BCUT2D eigenvalue weighted by atomic mass is 9.76. The van der Waals surface area contributed by atoms with Gasteiger partial charge in [0, 0.05) is 11.8 Å². The first-order valence-corrected chi connectivity index (χ1v) is 8.81. The first-order valence-electron chi connectivity index (χ1n) is 7.76. The van der Waals surface area contributed by atoms with E-state index < -0.39 is 12.0 Å². The lowest BCUT2D eigenvalue weighted by Gasteiger charge is -2.44. The van der Waals surface area contributed by atoms with Gasteiger partial charge in [-0.25, -0.2) is 4.79 Å². The molecule has 2 fully saturated rings. The molecule has 2 saturated heterocycles. The number of nitrogens with one attached hydrogen (secondary N) is 1. The Kier molecular flexibility index (Phi) is 5.54. The topological polar surface area (TPSA) is 69.6 Å². The van der Waals surface area contributed by atoms with Crippen molar-refractivity contribution in [2.24, 2.45) is 5.41 Å². The normalized spacial score (nSPS) is 26.6. The molecule has 0 aromatic rings. The molecule has 6 heteroatoms. The zero-order valence-corrected chi connectivity index (χ0v) is 13.7. The second kappa shape index (κ2) is 7.01. The number of aliphatic carboxylic acids is 1. The molecule has 0 spiro atoms. The number of amides is 1. The molecule has 0 bridgehead atoms. The molecule has 1 atom stereocenters. The summed E-state index contributed by atoms with van der Waals surface area (Å²) in [6, 6.07) is -0.688. The number of carboxylic acids is 1. The van der Waals surface area contributed by atoms with Gasteiger partial charge in [-0.3, -0.25) is 4.79 Å². The number of carbonyl (C=O) groups excluding carboxylic acids is 1. The molecule has 1 amide bonds. The van der Waals surface area contributed by atoms with Crippen LogP contribution in [0.3, 0.4) is 0 Å². The molecule has 0 saturated carbocycles. The lowest BCUT2D eigenvalue weighted by molar-refractivity contribution is -0.157. The van der Waals surface area contributed by atoms with Crippen LogP contribution in [0.15, 0.2) is 0 Å². The van der Waals surface area contributed by atoms with Crippen LogP contribution in [0, 0.1) is 5.41 Å². The second-order valence-corrected chi connectivity index (χ2v) is 7.97. The predicted molar refractivity (Wildman–Crippen MR) is 84.5 cm³/mol. The average Bonchev–Trinajstić information content (AvgIpc) is 2.44. The van der Waals surface area contributed by atoms with Crippen molar-refractivity contribution in [2.45, 2.75) is 50.8 Å². The van der Waals surface area contributed by atoms with Crippen molar-refractivity contribution in [3.05, 3.63) is 0 Å². The van der Waals surface area contributed by atoms with Crippen LogP contribution in [0.25, 0.3) is 0 Å². The Morgan fingerprint density at radius 3 is 2.62 bits per heavy atom. The van der Waals surface area contributed by atoms with Crippen LogP contribution in [0.2, 0.25) is 0 Å². The minimum absolute atomic E-state index is 0.0151. The third-order valence-corrected chi connectivity index (χ3v) is 5.91. The first-order chi connectivity index (χ1) is 9.92. The highest BCUT2D eigenvalue weighted by Gasteiger charge is 2.44. The molecule has 2 aliphatic heterocycles. The van der Waals surface area contributed by atoms with Crippen LogP contribution in [-0.2, 0) is 9.59 Å². The van der Waals surface area contributed by atoms with E-state index in [-0.39, 0.29) is 11.3 Å². The molecule has 2 aliphatic rings. The SMILES string of the molecule is CC1(C)CCCN(C(=O)CSC2CCNCC2)C1C(=O)O. The van der Waals surface area contributed by atoms with Gasteiger partial charge < -0.3 is 15.3 Å². The van der Waals surface area contributed by atoms with Gasteiger partial charge in [0.1, 0.15) is 6.04 Å². The number of carbonyl (C=O) groups is 2. The third kappa shape index (κ3) is 4.13. The minimum atomic E-state index is -0.875. The number of thioether (sulfide) groups is 1. The molecule has 120 valence electrons. The molecule has 0 aromatic carbocycles. The van der Waals surface area contributed by atoms with Gasteiger partial charge in [-0.1, -0.05) is 13.8 Å². The van der Waals surface area contributed by atoms with Crippen molar-refractivity contribution in [1.29, 1.82) is 0 Å². The van der Waals surface area contributed by atoms with E-state index in [2.05, 4.69) is 5.32 Å². The van der Waals surface area contributed by atoms with E-state index in [4.69, 9.17) is 0 Å². The number of hydrogen-bond acceptors (Lipinski definition) is 4. The van der Waals surface area contributed by atoms with Crippen LogP contribution in [-0.4, -0.2) is 58.6 Å². The number of carboxylic acid groups (broad SMARTS) is 1. The summed E-state index contributed by atoms with van der Waals surface area (Å²) >= 11 is 1.69. The Morgan fingerprint density at radius 2 is 2.00 bits per heavy atom. The quantitative estimate of drug-likeness (QED) is 0.824. The summed E-state index contributed by atoms with van der Waals surface area (Å²) < 4.78 is 0. The summed E-state index contributed by atoms with van der Waals surface area (Å²) in [6.07, 6.45) is 3.92. The van der Waals surface area contributed by atoms with Crippen molar-refractivity contribution in [2.75, 3.05) is 25.4 Å². The van der Waals surface area contributed by atoms with Gasteiger partial charge >= 0.3 is 5.97 Å². The van der Waals surface area contributed by atoms with Gasteiger partial charge in [0.15, 0.2) is 0 Å². The van der Waals surface area contributed by atoms with Crippen molar-refractivity contribution in [3.63, 3.8) is 0 Å². The summed E-state index contributed by atoms with van der Waals surface area (Å²) in [4.78, 5) is 25.6. The van der Waals surface area contributed by atoms with E-state index in [1.54, 1.807) is 16.7 Å². The van der Waals surface area contributed by atoms with Crippen molar-refractivity contribution < 1.29 is 14.7 Å². The van der Waals surface area contributed by atoms with Gasteiger partial charge in [-0.15, -0.1) is 11.8 Å². The molecule has 1 unspecified atom stereocenters. The smallest absolute Gasteiger partial charge is 0.326 e. The molecule has 0 radical (unpaired) electrons. The first kappa shape index (κ1) is 16.6. The third-order valence-electron chi connectivity index (χ3n) is 4.55. The summed E-state index contributed by atoms with van der Waals surface area (Å²) in [7, 11) is 0. The molecular weight excluding hydrogens is 288 g/mol. The monoisotopic (exact) mass is 314 g/mol. The van der Waals surface area contributed by atoms with Crippen LogP contribution in [0.1, 0.15) is 39.5 Å². The van der Waals surface area contributed by atoms with Crippen molar-refractivity contribution >= 4 is 23.6 Å². The zero-order chi connectivity index (χ0) is 15.5. The minimum Gasteiger partial charge on any atom is -0.480 e. The van der Waals surface area contributed by atoms with Crippen LogP contribution in [0.4, 0.5) is 0 Å². The van der Waals surface area contributed by atoms with Gasteiger partial charge in [0.05, 0.1) is 5.75 Å². The van der Waals surface area contributed by atoms with E-state index in [9.17, 15) is 14.7 Å². The molecule has 2 N–H and O–H groups in total. The number of piperidine rings is 2. The average molecular weight is 314 g/mol. The summed E-state index contributed by atoms with van der Waals surface area (Å²) in [5, 5.41) is 13.3. The highest BCUT2D eigenvalue weighted by atomic mass is 32.2. The molecule has 5 nitrogen and oxygen atoms in total. The molecule has 0 aliphatic carbocycles. The Balaban J connectivity index is 1.94. The van der Waals surface area contributed by atoms with Crippen molar-refractivity contribution in [1.82, 2.24) is 10.2 Å². The Hall–Kier alpha value is -0.750. The highest BCUT2D eigenvalue weighted by Crippen LogP contribution is 2.35. The number of rotatable bonds is 4. The number of nitrogens with zero attached hydrogens (tertiary/aromatic N) is 1. The molecule has 2 heterocycles. The fourth-order valence-electron chi connectivity index (χ4n) is 3.36. The van der Waals surface area contributed by atoms with Crippen LogP contribution < -0.4 is 5.32 Å². The fourth-order valence-corrected chi connectivity index (χ4v) is 4.48. The maximum atomic E-state index is 12.5. The predicted octanol–water partition coefficient (Wildman–Crippen LogP) is 1.57. The molecule has 2 rings (SSSR count). The molecular formula is C15H26N2O3S. The van der Waals surface area contributed by atoms with Gasteiger partial charge in [-0.2, -0.15) is 0 Å². The Labute approximate surface area is 130 Å². The van der Waals surface area contributed by atoms with E-state index in [0.29, 0.717) is 17.5 Å². The number of hydrogen-bond donors (Lipinski definition) is 2. The van der Waals surface area contributed by atoms with Crippen LogP contribution >= 0.6 is 11.8 Å². The van der Waals surface area contributed by atoms with E-state index >= 15 is 0 Å². The van der Waals surface area contributed by atoms with Gasteiger partial charge in [0.25, 0.3) is 0 Å². The maximum Gasteiger partial charge on any atom is 0.326 e. The lowest BCUT2D eigenvalue weighted by Crippen LogP contribution is -2.56. The van der Waals surface area contributed by atoms with Gasteiger partial charge in [0.2, 0.25) is 5.91 Å². The summed E-state index contributed by atoms with van der Waals surface area (Å²) in [5.74, 6) is -0.483. The number of likely N-dealkylation sites (tertiary alicyclic amines) is 1. The molecule has 21 heavy (non-hydrogen) atoms. The summed E-state index contributed by atoms with van der Waals surface area (Å²) in [6.45, 7) is 6.50. The summed E-state index contributed by atoms with van der Waals surface area (Å²) in [5.41, 5.74) is -0.348. The van der Waals surface area contributed by atoms with Crippen LogP contribution in [0.5, 0.6) is 0 Å². The molecule has 0 aromatic heterocycles.